The number of methoxy groups -OCH3 is 1. The van der Waals surface area contributed by atoms with Crippen molar-refractivity contribution in [3.8, 4) is 0 Å². The molecule has 0 bridgehead atoms. The number of halogens is 1. The van der Waals surface area contributed by atoms with E-state index in [2.05, 4.69) is 34.2 Å². The predicted octanol–water partition coefficient (Wildman–Crippen LogP) is 3.50. The highest BCUT2D eigenvalue weighted by molar-refractivity contribution is 14.0. The first-order valence-corrected chi connectivity index (χ1v) is 12.5. The first kappa shape index (κ1) is 28.1. The van der Waals surface area contributed by atoms with Crippen LogP contribution in [0.15, 0.2) is 34.2 Å². The first-order chi connectivity index (χ1) is 14.4. The van der Waals surface area contributed by atoms with Gasteiger partial charge in [-0.1, -0.05) is 26.0 Å². The van der Waals surface area contributed by atoms with Crippen LogP contribution in [0.4, 0.5) is 0 Å². The fourth-order valence-corrected chi connectivity index (χ4v) is 4.87. The van der Waals surface area contributed by atoms with Crippen molar-refractivity contribution in [3.63, 3.8) is 0 Å². The highest BCUT2D eigenvalue weighted by atomic mass is 127. The largest absolute Gasteiger partial charge is 0.383 e. The molecule has 0 unspecified atom stereocenters. The molecule has 1 aliphatic rings. The van der Waals surface area contributed by atoms with E-state index in [1.54, 1.807) is 25.3 Å². The topological polar surface area (TPSA) is 91.8 Å². The SMILES string of the molecule is CCNC(=NCc1cccc(S(=O)(=O)NCCOC)c1)NC1CCC(C(C)C)CC1.I. The molecule has 2 rings (SSSR count). The number of guanidine groups is 1. The Balaban J connectivity index is 0.00000480. The molecule has 0 radical (unpaired) electrons. The van der Waals surface area contributed by atoms with Crippen LogP contribution in [-0.2, 0) is 21.3 Å². The van der Waals surface area contributed by atoms with Crippen LogP contribution in [-0.4, -0.2) is 47.2 Å². The maximum atomic E-state index is 12.4. The zero-order chi connectivity index (χ0) is 22.0. The lowest BCUT2D eigenvalue weighted by Gasteiger charge is -2.32. The number of nitrogens with zero attached hydrogens (tertiary/aromatic N) is 1. The van der Waals surface area contributed by atoms with Gasteiger partial charge in [-0.15, -0.1) is 24.0 Å². The fraction of sp³-hybridized carbons (Fsp3) is 0.682. The minimum absolute atomic E-state index is 0. The van der Waals surface area contributed by atoms with Crippen molar-refractivity contribution in [3.05, 3.63) is 29.8 Å². The van der Waals surface area contributed by atoms with E-state index in [0.717, 1.165) is 42.7 Å². The van der Waals surface area contributed by atoms with Crippen LogP contribution in [0.3, 0.4) is 0 Å². The second kappa shape index (κ2) is 14.3. The number of sulfonamides is 1. The number of aliphatic imine (C=N–C) groups is 1. The maximum Gasteiger partial charge on any atom is 0.240 e. The van der Waals surface area contributed by atoms with Crippen LogP contribution in [0.25, 0.3) is 0 Å². The summed E-state index contributed by atoms with van der Waals surface area (Å²) in [6, 6.07) is 7.36. The molecule has 0 heterocycles. The molecule has 0 aliphatic heterocycles. The zero-order valence-electron chi connectivity index (χ0n) is 19.2. The summed E-state index contributed by atoms with van der Waals surface area (Å²) in [7, 11) is -2.01. The van der Waals surface area contributed by atoms with Gasteiger partial charge in [0.25, 0.3) is 0 Å². The van der Waals surface area contributed by atoms with Gasteiger partial charge in [-0.3, -0.25) is 0 Å². The van der Waals surface area contributed by atoms with E-state index in [4.69, 9.17) is 4.74 Å². The predicted molar refractivity (Wildman–Crippen MR) is 137 cm³/mol. The van der Waals surface area contributed by atoms with E-state index in [-0.39, 0.29) is 35.4 Å². The quantitative estimate of drug-likeness (QED) is 0.175. The highest BCUT2D eigenvalue weighted by Gasteiger charge is 2.23. The molecule has 1 fully saturated rings. The van der Waals surface area contributed by atoms with Crippen LogP contribution >= 0.6 is 24.0 Å². The standard InChI is InChI=1S/C22H38N4O3S.HI/c1-5-23-22(26-20-11-9-19(10-12-20)17(2)3)24-16-18-7-6-8-21(15-18)30(27,28)25-13-14-29-4;/h6-8,15,17,19-20,25H,5,9-14,16H2,1-4H3,(H2,23,24,26);1H. The van der Waals surface area contributed by atoms with Gasteiger partial charge in [-0.25, -0.2) is 18.1 Å². The van der Waals surface area contributed by atoms with Gasteiger partial charge in [-0.05, 0) is 62.1 Å². The van der Waals surface area contributed by atoms with E-state index >= 15 is 0 Å². The minimum Gasteiger partial charge on any atom is -0.383 e. The molecule has 0 amide bonds. The zero-order valence-corrected chi connectivity index (χ0v) is 22.3. The van der Waals surface area contributed by atoms with E-state index in [1.165, 1.54) is 12.8 Å². The van der Waals surface area contributed by atoms with Gasteiger partial charge < -0.3 is 15.4 Å². The van der Waals surface area contributed by atoms with Crippen molar-refractivity contribution in [1.82, 2.24) is 15.4 Å². The summed E-state index contributed by atoms with van der Waals surface area (Å²) in [5, 5.41) is 6.87. The molecule has 1 aromatic rings. The van der Waals surface area contributed by atoms with Gasteiger partial charge in [0, 0.05) is 26.2 Å². The lowest BCUT2D eigenvalue weighted by Crippen LogP contribution is -2.45. The van der Waals surface area contributed by atoms with E-state index < -0.39 is 10.0 Å². The summed E-state index contributed by atoms with van der Waals surface area (Å²) in [5.74, 6) is 2.36. The van der Waals surface area contributed by atoms with Crippen LogP contribution in [0.1, 0.15) is 52.0 Å². The molecule has 0 atom stereocenters. The molecule has 0 aromatic heterocycles. The van der Waals surface area contributed by atoms with Crippen LogP contribution in [0.2, 0.25) is 0 Å². The third-order valence-corrected chi connectivity index (χ3v) is 7.09. The summed E-state index contributed by atoms with van der Waals surface area (Å²) in [6.07, 6.45) is 4.83. The molecule has 1 aromatic carbocycles. The van der Waals surface area contributed by atoms with Crippen molar-refractivity contribution < 1.29 is 13.2 Å². The Morgan fingerprint density at radius 2 is 1.94 bits per heavy atom. The third kappa shape index (κ3) is 9.63. The van der Waals surface area contributed by atoms with Gasteiger partial charge in [0.05, 0.1) is 18.0 Å². The Bertz CT molecular complexity index is 779. The number of hydrogen-bond acceptors (Lipinski definition) is 4. The number of benzene rings is 1. The number of nitrogens with one attached hydrogen (secondary N) is 3. The molecule has 0 saturated heterocycles. The van der Waals surface area contributed by atoms with Gasteiger partial charge in [-0.2, -0.15) is 0 Å². The Kier molecular flexibility index (Phi) is 13.0. The summed E-state index contributed by atoms with van der Waals surface area (Å²) >= 11 is 0. The monoisotopic (exact) mass is 566 g/mol. The summed E-state index contributed by atoms with van der Waals surface area (Å²) in [5.41, 5.74) is 0.852. The minimum atomic E-state index is -3.55. The van der Waals surface area contributed by atoms with E-state index in [9.17, 15) is 8.42 Å². The number of ether oxygens (including phenoxy) is 1. The molecule has 0 spiro atoms. The lowest BCUT2D eigenvalue weighted by atomic mass is 9.80. The fourth-order valence-electron chi connectivity index (χ4n) is 3.79. The van der Waals surface area contributed by atoms with Crippen LogP contribution in [0, 0.1) is 11.8 Å². The summed E-state index contributed by atoms with van der Waals surface area (Å²) < 4.78 is 32.3. The number of rotatable bonds is 10. The van der Waals surface area contributed by atoms with E-state index in [0.29, 0.717) is 19.2 Å². The second-order valence-electron chi connectivity index (χ2n) is 8.23. The van der Waals surface area contributed by atoms with Crippen LogP contribution in [0.5, 0.6) is 0 Å². The molecule has 1 aliphatic carbocycles. The highest BCUT2D eigenvalue weighted by Crippen LogP contribution is 2.29. The molecule has 178 valence electrons. The summed E-state index contributed by atoms with van der Waals surface area (Å²) in [6.45, 7) is 8.44. The average Bonchev–Trinajstić information content (AvgIpc) is 2.73. The van der Waals surface area contributed by atoms with Crippen LogP contribution < -0.4 is 15.4 Å². The molecule has 9 heteroatoms. The van der Waals surface area contributed by atoms with Crippen molar-refractivity contribution in [2.75, 3.05) is 26.8 Å². The molecular weight excluding hydrogens is 527 g/mol. The first-order valence-electron chi connectivity index (χ1n) is 11.0. The van der Waals surface area contributed by atoms with Gasteiger partial charge in [0.15, 0.2) is 5.96 Å². The second-order valence-corrected chi connectivity index (χ2v) is 10.0. The lowest BCUT2D eigenvalue weighted by molar-refractivity contribution is 0.204. The van der Waals surface area contributed by atoms with Crippen molar-refractivity contribution in [2.24, 2.45) is 16.8 Å². The Morgan fingerprint density at radius 1 is 1.23 bits per heavy atom. The Labute approximate surface area is 205 Å². The Morgan fingerprint density at radius 3 is 2.55 bits per heavy atom. The maximum absolute atomic E-state index is 12.4. The summed E-state index contributed by atoms with van der Waals surface area (Å²) in [4.78, 5) is 4.94. The Hall–Kier alpha value is -0.910. The molecule has 3 N–H and O–H groups in total. The van der Waals surface area contributed by atoms with Gasteiger partial charge in [0.1, 0.15) is 0 Å². The third-order valence-electron chi connectivity index (χ3n) is 5.63. The smallest absolute Gasteiger partial charge is 0.240 e. The van der Waals surface area contributed by atoms with Crippen molar-refractivity contribution in [1.29, 1.82) is 0 Å². The normalized spacial score (nSPS) is 19.7. The number of hydrogen-bond donors (Lipinski definition) is 3. The van der Waals surface area contributed by atoms with E-state index in [1.807, 2.05) is 13.0 Å². The van der Waals surface area contributed by atoms with Gasteiger partial charge >= 0.3 is 0 Å². The van der Waals surface area contributed by atoms with Crippen molar-refractivity contribution >= 4 is 40.0 Å². The van der Waals surface area contributed by atoms with Crippen molar-refractivity contribution in [2.45, 2.75) is 63.9 Å². The molecule has 31 heavy (non-hydrogen) atoms. The average molecular weight is 567 g/mol. The molecule has 7 nitrogen and oxygen atoms in total. The van der Waals surface area contributed by atoms with Gasteiger partial charge in [0.2, 0.25) is 10.0 Å². The molecular formula is C22H39IN4O3S. The molecule has 1 saturated carbocycles.